The van der Waals surface area contributed by atoms with E-state index in [-0.39, 0.29) is 11.9 Å². The molecule has 1 aliphatic rings. The van der Waals surface area contributed by atoms with Gasteiger partial charge in [0, 0.05) is 48.7 Å². The first-order valence-electron chi connectivity index (χ1n) is 9.74. The number of nitrogen functional groups attached to an aromatic ring is 1. The minimum atomic E-state index is -0.441. The minimum Gasteiger partial charge on any atom is -0.368 e. The summed E-state index contributed by atoms with van der Waals surface area (Å²) in [4.78, 5) is 26.8. The Labute approximate surface area is 169 Å². The van der Waals surface area contributed by atoms with E-state index >= 15 is 0 Å². The van der Waals surface area contributed by atoms with Crippen LogP contribution in [0.4, 0.5) is 5.95 Å². The van der Waals surface area contributed by atoms with Crippen LogP contribution < -0.4 is 11.5 Å². The van der Waals surface area contributed by atoms with E-state index in [1.54, 1.807) is 24.5 Å². The summed E-state index contributed by atoms with van der Waals surface area (Å²) < 4.78 is 0. The maximum absolute atomic E-state index is 11.4. The van der Waals surface area contributed by atoms with Crippen molar-refractivity contribution in [1.29, 1.82) is 0 Å². The van der Waals surface area contributed by atoms with Gasteiger partial charge in [0.25, 0.3) is 0 Å². The molecule has 7 heteroatoms. The zero-order chi connectivity index (χ0) is 20.2. The number of aromatic nitrogens is 3. The summed E-state index contributed by atoms with van der Waals surface area (Å²) >= 11 is 0. The molecule has 0 radical (unpaired) electrons. The number of carbonyl (C=O) groups is 1. The van der Waals surface area contributed by atoms with E-state index in [2.05, 4.69) is 25.9 Å². The van der Waals surface area contributed by atoms with Crippen LogP contribution in [0.1, 0.15) is 40.4 Å². The van der Waals surface area contributed by atoms with Crippen molar-refractivity contribution < 1.29 is 4.79 Å². The second kappa shape index (κ2) is 8.36. The number of rotatable bonds is 5. The van der Waals surface area contributed by atoms with E-state index in [0.29, 0.717) is 5.56 Å². The zero-order valence-electron chi connectivity index (χ0n) is 16.2. The summed E-state index contributed by atoms with van der Waals surface area (Å²) in [6.45, 7) is 2.82. The van der Waals surface area contributed by atoms with Crippen molar-refractivity contribution in [2.24, 2.45) is 5.73 Å². The van der Waals surface area contributed by atoms with Crippen molar-refractivity contribution >= 4 is 11.9 Å². The fraction of sp³-hybridized carbons (Fsp3) is 0.273. The monoisotopic (exact) mass is 388 g/mol. The third kappa shape index (κ3) is 4.41. The predicted octanol–water partition coefficient (Wildman–Crippen LogP) is 2.60. The van der Waals surface area contributed by atoms with Crippen LogP contribution in [0.3, 0.4) is 0 Å². The van der Waals surface area contributed by atoms with Crippen LogP contribution in [0.5, 0.6) is 0 Å². The third-order valence-electron chi connectivity index (χ3n) is 5.34. The van der Waals surface area contributed by atoms with Crippen molar-refractivity contribution in [1.82, 2.24) is 19.9 Å². The van der Waals surface area contributed by atoms with Crippen LogP contribution in [0, 0.1) is 0 Å². The molecule has 1 atom stereocenters. The fourth-order valence-corrected chi connectivity index (χ4v) is 3.93. The number of nitrogens with two attached hydrogens (primary N) is 2. The van der Waals surface area contributed by atoms with Gasteiger partial charge in [0.1, 0.15) is 0 Å². The molecule has 1 fully saturated rings. The summed E-state index contributed by atoms with van der Waals surface area (Å²) in [6, 6.07) is 11.3. The van der Waals surface area contributed by atoms with Gasteiger partial charge in [0.2, 0.25) is 11.9 Å². The van der Waals surface area contributed by atoms with Gasteiger partial charge >= 0.3 is 0 Å². The van der Waals surface area contributed by atoms with Gasteiger partial charge in [0.05, 0.1) is 5.69 Å². The molecule has 0 bridgehead atoms. The van der Waals surface area contributed by atoms with E-state index in [0.717, 1.165) is 49.3 Å². The number of piperidine rings is 1. The van der Waals surface area contributed by atoms with Crippen molar-refractivity contribution in [2.75, 3.05) is 18.8 Å². The Balaban J connectivity index is 1.60. The Morgan fingerprint density at radius 2 is 2.00 bits per heavy atom. The molecule has 1 saturated heterocycles. The van der Waals surface area contributed by atoms with Gasteiger partial charge in [0.15, 0.2) is 0 Å². The molecule has 4 rings (SSSR count). The number of anilines is 1. The van der Waals surface area contributed by atoms with E-state index < -0.39 is 5.91 Å². The normalized spacial score (nSPS) is 17.2. The number of hydrogen-bond acceptors (Lipinski definition) is 6. The van der Waals surface area contributed by atoms with Gasteiger partial charge in [-0.2, -0.15) is 0 Å². The quantitative estimate of drug-likeness (QED) is 0.695. The van der Waals surface area contributed by atoms with E-state index in [9.17, 15) is 4.79 Å². The first-order valence-corrected chi connectivity index (χ1v) is 9.74. The van der Waals surface area contributed by atoms with Gasteiger partial charge in [-0.25, -0.2) is 9.97 Å². The molecule has 0 spiro atoms. The number of nitrogens with zero attached hydrogens (tertiary/aromatic N) is 4. The van der Waals surface area contributed by atoms with E-state index in [1.807, 2.05) is 24.4 Å². The topological polar surface area (TPSA) is 111 Å². The summed E-state index contributed by atoms with van der Waals surface area (Å²) in [5, 5.41) is 0. The maximum atomic E-state index is 11.4. The summed E-state index contributed by atoms with van der Waals surface area (Å²) in [5.41, 5.74) is 15.8. The molecule has 0 unspecified atom stereocenters. The van der Waals surface area contributed by atoms with Crippen LogP contribution in [0.15, 0.2) is 55.0 Å². The molecule has 1 aliphatic heterocycles. The van der Waals surface area contributed by atoms with Crippen LogP contribution in [-0.2, 0) is 6.54 Å². The fourth-order valence-electron chi connectivity index (χ4n) is 3.93. The van der Waals surface area contributed by atoms with Crippen molar-refractivity contribution in [3.8, 4) is 11.1 Å². The van der Waals surface area contributed by atoms with Gasteiger partial charge in [-0.3, -0.25) is 14.7 Å². The second-order valence-electron chi connectivity index (χ2n) is 7.40. The highest BCUT2D eigenvalue weighted by atomic mass is 16.1. The molecule has 29 heavy (non-hydrogen) atoms. The molecule has 3 heterocycles. The average molecular weight is 388 g/mol. The lowest BCUT2D eigenvalue weighted by Gasteiger charge is -2.33. The highest BCUT2D eigenvalue weighted by molar-refractivity contribution is 5.93. The van der Waals surface area contributed by atoms with Crippen molar-refractivity contribution in [3.63, 3.8) is 0 Å². The first-order chi connectivity index (χ1) is 14.1. The number of benzene rings is 1. The minimum absolute atomic E-state index is 0.261. The summed E-state index contributed by atoms with van der Waals surface area (Å²) in [5.74, 6) is 0.0991. The number of amides is 1. The molecule has 3 aromatic rings. The molecular weight excluding hydrogens is 364 g/mol. The molecule has 148 valence electrons. The maximum Gasteiger partial charge on any atom is 0.248 e. The molecule has 4 N–H and O–H groups in total. The SMILES string of the molecule is NC(=O)c1ccc(-c2cnc(N)nc2[C@@H]2CCCN(Cc3cccnc3)C2)cc1. The van der Waals surface area contributed by atoms with E-state index in [1.165, 1.54) is 5.56 Å². The van der Waals surface area contributed by atoms with Gasteiger partial charge in [-0.1, -0.05) is 18.2 Å². The number of hydrogen-bond donors (Lipinski definition) is 2. The second-order valence-corrected chi connectivity index (χ2v) is 7.40. The average Bonchev–Trinajstić information content (AvgIpc) is 2.75. The van der Waals surface area contributed by atoms with Crippen molar-refractivity contribution in [2.45, 2.75) is 25.3 Å². The number of likely N-dealkylation sites (tertiary alicyclic amines) is 1. The van der Waals surface area contributed by atoms with Crippen LogP contribution in [-0.4, -0.2) is 38.8 Å². The Hall–Kier alpha value is -3.32. The Kier molecular flexibility index (Phi) is 5.48. The number of carbonyl (C=O) groups excluding carboxylic acids is 1. The predicted molar refractivity (Wildman–Crippen MR) is 112 cm³/mol. The van der Waals surface area contributed by atoms with Crippen LogP contribution in [0.2, 0.25) is 0 Å². The Morgan fingerprint density at radius 1 is 1.17 bits per heavy atom. The molecule has 1 amide bonds. The number of primary amides is 1. The van der Waals surface area contributed by atoms with Crippen LogP contribution >= 0.6 is 0 Å². The standard InChI is InChI=1S/C22H24N6O/c23-21(29)17-7-5-16(6-8-17)19-12-26-22(24)27-20(19)18-4-2-10-28(14-18)13-15-3-1-9-25-11-15/h1,3,5-9,11-12,18H,2,4,10,13-14H2,(H2,23,29)(H2,24,26,27)/t18-/m1/s1. The molecule has 0 aliphatic carbocycles. The molecule has 0 saturated carbocycles. The Morgan fingerprint density at radius 3 is 2.72 bits per heavy atom. The lowest BCUT2D eigenvalue weighted by atomic mass is 9.89. The van der Waals surface area contributed by atoms with Crippen LogP contribution in [0.25, 0.3) is 11.1 Å². The van der Waals surface area contributed by atoms with Gasteiger partial charge < -0.3 is 11.5 Å². The van der Waals surface area contributed by atoms with Gasteiger partial charge in [-0.15, -0.1) is 0 Å². The molecule has 2 aromatic heterocycles. The summed E-state index contributed by atoms with van der Waals surface area (Å²) in [7, 11) is 0. The van der Waals surface area contributed by atoms with E-state index in [4.69, 9.17) is 11.5 Å². The third-order valence-corrected chi connectivity index (χ3v) is 5.34. The smallest absolute Gasteiger partial charge is 0.248 e. The number of pyridine rings is 1. The highest BCUT2D eigenvalue weighted by Gasteiger charge is 2.25. The lowest BCUT2D eigenvalue weighted by molar-refractivity contribution is 0.100. The largest absolute Gasteiger partial charge is 0.368 e. The molecular formula is C22H24N6O. The Bertz CT molecular complexity index is 990. The first kappa shape index (κ1) is 19.0. The van der Waals surface area contributed by atoms with Gasteiger partial charge in [-0.05, 0) is 48.7 Å². The van der Waals surface area contributed by atoms with Crippen molar-refractivity contribution in [3.05, 3.63) is 71.8 Å². The molecule has 1 aromatic carbocycles. The highest BCUT2D eigenvalue weighted by Crippen LogP contribution is 2.33. The lowest BCUT2D eigenvalue weighted by Crippen LogP contribution is -2.34. The molecule has 7 nitrogen and oxygen atoms in total. The summed E-state index contributed by atoms with van der Waals surface area (Å²) in [6.07, 6.45) is 7.62. The zero-order valence-corrected chi connectivity index (χ0v) is 16.2.